The highest BCUT2D eigenvalue weighted by molar-refractivity contribution is 6.00. The maximum absolute atomic E-state index is 12.1. The van der Waals surface area contributed by atoms with Crippen LogP contribution in [0.5, 0.6) is 5.75 Å². The van der Waals surface area contributed by atoms with Gasteiger partial charge in [-0.15, -0.1) is 0 Å². The summed E-state index contributed by atoms with van der Waals surface area (Å²) in [6.07, 6.45) is 4.11. The van der Waals surface area contributed by atoms with Crippen LogP contribution in [0.25, 0.3) is 0 Å². The number of piperidine rings is 1. The third-order valence-corrected chi connectivity index (χ3v) is 4.75. The predicted octanol–water partition coefficient (Wildman–Crippen LogP) is 2.08. The van der Waals surface area contributed by atoms with Crippen LogP contribution in [0.2, 0.25) is 0 Å². The summed E-state index contributed by atoms with van der Waals surface area (Å²) >= 11 is 0. The molecule has 1 fully saturated rings. The van der Waals surface area contributed by atoms with Gasteiger partial charge in [0.15, 0.2) is 6.10 Å². The number of likely N-dealkylation sites (tertiary alicyclic amines) is 1. The summed E-state index contributed by atoms with van der Waals surface area (Å²) in [5, 5.41) is 5.71. The number of rotatable bonds is 6. The number of fused-ring (bicyclic) bond motifs is 1. The second-order valence-corrected chi connectivity index (χ2v) is 6.91. The molecule has 25 heavy (non-hydrogen) atoms. The standard InChI is InChI=1S/C19H27N3O3/c1-14-6-7-16-15(12-14)21-19(24)17(25-16)13-18(23)20-8-5-11-22-9-3-2-4-10-22/h6-7,12,17H,2-5,8-11,13H2,1H3,(H,20,23)(H,21,24)/t17-/m0/s1. The number of benzene rings is 1. The van der Waals surface area contributed by atoms with Gasteiger partial charge in [-0.1, -0.05) is 12.5 Å². The number of hydrogen-bond donors (Lipinski definition) is 2. The lowest BCUT2D eigenvalue weighted by Gasteiger charge is -2.26. The number of carbonyl (C=O) groups excluding carboxylic acids is 2. The number of nitrogens with one attached hydrogen (secondary N) is 2. The highest BCUT2D eigenvalue weighted by atomic mass is 16.5. The lowest BCUT2D eigenvalue weighted by molar-refractivity contribution is -0.130. The molecular weight excluding hydrogens is 318 g/mol. The molecule has 2 aliphatic rings. The molecule has 6 heteroatoms. The van der Waals surface area contributed by atoms with E-state index in [0.717, 1.165) is 18.5 Å². The zero-order chi connectivity index (χ0) is 17.6. The van der Waals surface area contributed by atoms with Crippen molar-refractivity contribution in [3.8, 4) is 5.75 Å². The molecule has 1 saturated heterocycles. The Hall–Kier alpha value is -2.08. The van der Waals surface area contributed by atoms with Gasteiger partial charge in [-0.05, 0) is 63.5 Å². The summed E-state index contributed by atoms with van der Waals surface area (Å²) in [5.74, 6) is 0.212. The van der Waals surface area contributed by atoms with Crippen molar-refractivity contribution in [2.45, 2.75) is 45.1 Å². The van der Waals surface area contributed by atoms with Crippen molar-refractivity contribution in [3.63, 3.8) is 0 Å². The molecule has 2 N–H and O–H groups in total. The first-order valence-electron chi connectivity index (χ1n) is 9.19. The Labute approximate surface area is 148 Å². The smallest absolute Gasteiger partial charge is 0.266 e. The van der Waals surface area contributed by atoms with E-state index in [0.29, 0.717) is 18.0 Å². The molecule has 2 heterocycles. The maximum atomic E-state index is 12.1. The minimum atomic E-state index is -0.766. The molecule has 2 amide bonds. The number of aryl methyl sites for hydroxylation is 1. The van der Waals surface area contributed by atoms with Gasteiger partial charge in [-0.2, -0.15) is 0 Å². The Bertz CT molecular complexity index is 626. The number of amides is 2. The topological polar surface area (TPSA) is 70.7 Å². The first-order chi connectivity index (χ1) is 12.1. The normalized spacial score (nSPS) is 20.4. The number of anilines is 1. The zero-order valence-corrected chi connectivity index (χ0v) is 14.8. The molecule has 0 aromatic heterocycles. The molecule has 1 atom stereocenters. The fourth-order valence-corrected chi connectivity index (χ4v) is 3.35. The van der Waals surface area contributed by atoms with Gasteiger partial charge in [-0.25, -0.2) is 0 Å². The predicted molar refractivity (Wildman–Crippen MR) is 96.8 cm³/mol. The van der Waals surface area contributed by atoms with Crippen LogP contribution in [-0.4, -0.2) is 49.0 Å². The van der Waals surface area contributed by atoms with Gasteiger partial charge in [0.25, 0.3) is 5.91 Å². The van der Waals surface area contributed by atoms with E-state index in [-0.39, 0.29) is 18.2 Å². The van der Waals surface area contributed by atoms with Crippen molar-refractivity contribution in [2.75, 3.05) is 31.5 Å². The Kier molecular flexibility index (Phi) is 5.91. The molecular formula is C19H27N3O3. The molecule has 3 rings (SSSR count). The van der Waals surface area contributed by atoms with Gasteiger partial charge in [0.1, 0.15) is 5.75 Å². The van der Waals surface area contributed by atoms with E-state index in [9.17, 15) is 9.59 Å². The highest BCUT2D eigenvalue weighted by Crippen LogP contribution is 2.30. The van der Waals surface area contributed by atoms with Gasteiger partial charge in [-0.3, -0.25) is 9.59 Å². The van der Waals surface area contributed by atoms with Crippen molar-refractivity contribution in [1.82, 2.24) is 10.2 Å². The van der Waals surface area contributed by atoms with Crippen LogP contribution in [-0.2, 0) is 9.59 Å². The third-order valence-electron chi connectivity index (χ3n) is 4.75. The van der Waals surface area contributed by atoms with E-state index >= 15 is 0 Å². The van der Waals surface area contributed by atoms with Crippen LogP contribution in [0.4, 0.5) is 5.69 Å². The number of carbonyl (C=O) groups is 2. The Morgan fingerprint density at radius 1 is 1.32 bits per heavy atom. The van der Waals surface area contributed by atoms with Crippen LogP contribution in [0.3, 0.4) is 0 Å². The Balaban J connectivity index is 1.40. The number of ether oxygens (including phenoxy) is 1. The molecule has 0 radical (unpaired) electrons. The molecule has 2 aliphatic heterocycles. The summed E-state index contributed by atoms with van der Waals surface area (Å²) in [4.78, 5) is 26.7. The van der Waals surface area contributed by atoms with Crippen LogP contribution in [0.1, 0.15) is 37.7 Å². The van der Waals surface area contributed by atoms with Gasteiger partial charge in [0.05, 0.1) is 12.1 Å². The van der Waals surface area contributed by atoms with Crippen molar-refractivity contribution >= 4 is 17.5 Å². The monoisotopic (exact) mass is 345 g/mol. The summed E-state index contributed by atoms with van der Waals surface area (Å²) in [6.45, 7) is 5.95. The minimum Gasteiger partial charge on any atom is -0.478 e. The number of nitrogens with zero attached hydrogens (tertiary/aromatic N) is 1. The van der Waals surface area contributed by atoms with Gasteiger partial charge >= 0.3 is 0 Å². The maximum Gasteiger partial charge on any atom is 0.266 e. The Morgan fingerprint density at radius 3 is 2.92 bits per heavy atom. The molecule has 136 valence electrons. The van der Waals surface area contributed by atoms with Crippen molar-refractivity contribution < 1.29 is 14.3 Å². The van der Waals surface area contributed by atoms with E-state index in [2.05, 4.69) is 15.5 Å². The van der Waals surface area contributed by atoms with E-state index < -0.39 is 6.10 Å². The molecule has 1 aromatic carbocycles. The van der Waals surface area contributed by atoms with Gasteiger partial charge in [0.2, 0.25) is 5.91 Å². The average molecular weight is 345 g/mol. The summed E-state index contributed by atoms with van der Waals surface area (Å²) < 4.78 is 5.69. The van der Waals surface area contributed by atoms with Crippen molar-refractivity contribution in [2.24, 2.45) is 0 Å². The molecule has 0 spiro atoms. The van der Waals surface area contributed by atoms with E-state index in [1.54, 1.807) is 0 Å². The molecule has 0 unspecified atom stereocenters. The molecule has 0 bridgehead atoms. The fourth-order valence-electron chi connectivity index (χ4n) is 3.35. The number of hydrogen-bond acceptors (Lipinski definition) is 4. The van der Waals surface area contributed by atoms with Crippen molar-refractivity contribution in [3.05, 3.63) is 23.8 Å². The molecule has 0 aliphatic carbocycles. The lowest BCUT2D eigenvalue weighted by atomic mass is 10.1. The summed E-state index contributed by atoms with van der Waals surface area (Å²) in [6, 6.07) is 5.62. The van der Waals surface area contributed by atoms with E-state index in [4.69, 9.17) is 4.74 Å². The van der Waals surface area contributed by atoms with Crippen LogP contribution >= 0.6 is 0 Å². The van der Waals surface area contributed by atoms with Gasteiger partial charge in [0, 0.05) is 6.54 Å². The van der Waals surface area contributed by atoms with Crippen LogP contribution in [0, 0.1) is 6.92 Å². The SMILES string of the molecule is Cc1ccc2c(c1)NC(=O)[C@H](CC(=O)NCCCN1CCCCC1)O2. The quantitative estimate of drug-likeness (QED) is 0.775. The fraction of sp³-hybridized carbons (Fsp3) is 0.579. The highest BCUT2D eigenvalue weighted by Gasteiger charge is 2.29. The zero-order valence-electron chi connectivity index (χ0n) is 14.8. The van der Waals surface area contributed by atoms with Gasteiger partial charge < -0.3 is 20.3 Å². The third kappa shape index (κ3) is 4.95. The average Bonchev–Trinajstić information content (AvgIpc) is 2.60. The first-order valence-corrected chi connectivity index (χ1v) is 9.19. The molecule has 0 saturated carbocycles. The van der Waals surface area contributed by atoms with Crippen molar-refractivity contribution in [1.29, 1.82) is 0 Å². The second-order valence-electron chi connectivity index (χ2n) is 6.91. The first kappa shape index (κ1) is 17.7. The molecule has 6 nitrogen and oxygen atoms in total. The summed E-state index contributed by atoms with van der Waals surface area (Å²) in [7, 11) is 0. The van der Waals surface area contributed by atoms with Crippen LogP contribution in [0.15, 0.2) is 18.2 Å². The Morgan fingerprint density at radius 2 is 2.12 bits per heavy atom. The molecule has 1 aromatic rings. The second kappa shape index (κ2) is 8.34. The van der Waals surface area contributed by atoms with Crippen LogP contribution < -0.4 is 15.4 Å². The lowest BCUT2D eigenvalue weighted by Crippen LogP contribution is -2.41. The minimum absolute atomic E-state index is 0.0445. The summed E-state index contributed by atoms with van der Waals surface area (Å²) in [5.41, 5.74) is 1.72. The van der Waals surface area contributed by atoms with E-state index in [1.807, 2.05) is 25.1 Å². The largest absolute Gasteiger partial charge is 0.478 e. The van der Waals surface area contributed by atoms with E-state index in [1.165, 1.54) is 32.4 Å².